The Labute approximate surface area is 173 Å². The number of rotatable bonds is 3. The topological polar surface area (TPSA) is 62.2 Å². The summed E-state index contributed by atoms with van der Waals surface area (Å²) in [5.74, 6) is -0.374. The van der Waals surface area contributed by atoms with Crippen LogP contribution in [0.15, 0.2) is 48.9 Å². The highest BCUT2D eigenvalue weighted by molar-refractivity contribution is 5.97. The maximum absolute atomic E-state index is 13.0. The van der Waals surface area contributed by atoms with Crippen LogP contribution in [0.4, 0.5) is 10.2 Å². The number of carbonyl (C=O) groups is 1. The van der Waals surface area contributed by atoms with Crippen LogP contribution in [0.5, 0.6) is 0 Å². The third-order valence-corrected chi connectivity index (χ3v) is 4.98. The summed E-state index contributed by atoms with van der Waals surface area (Å²) < 4.78 is 14.9. The maximum atomic E-state index is 13.0. The molecule has 0 bridgehead atoms. The van der Waals surface area contributed by atoms with Gasteiger partial charge in [0, 0.05) is 23.3 Å². The fourth-order valence-corrected chi connectivity index (χ4v) is 3.48. The molecule has 0 spiro atoms. The molecule has 28 heavy (non-hydrogen) atoms. The van der Waals surface area contributed by atoms with Gasteiger partial charge in [0.1, 0.15) is 11.8 Å². The van der Waals surface area contributed by atoms with E-state index < -0.39 is 12.1 Å². The number of aromatic amines is 1. The van der Waals surface area contributed by atoms with Crippen molar-refractivity contribution in [3.8, 4) is 11.1 Å². The van der Waals surface area contributed by atoms with Crippen molar-refractivity contribution in [1.29, 1.82) is 0 Å². The monoisotopic (exact) mass is 420 g/mol. The second kappa shape index (κ2) is 7.45. The van der Waals surface area contributed by atoms with E-state index in [-0.39, 0.29) is 30.7 Å². The van der Waals surface area contributed by atoms with Gasteiger partial charge in [-0.25, -0.2) is 9.37 Å². The number of imidazole rings is 1. The number of fused-ring (bicyclic) bond motifs is 2. The summed E-state index contributed by atoms with van der Waals surface area (Å²) in [6.07, 6.45) is 5.00. The van der Waals surface area contributed by atoms with Crippen LogP contribution in [-0.4, -0.2) is 26.4 Å². The first-order valence-corrected chi connectivity index (χ1v) is 8.61. The van der Waals surface area contributed by atoms with E-state index in [1.165, 1.54) is 16.5 Å². The average Bonchev–Trinajstić information content (AvgIpc) is 3.02. The molecule has 3 heterocycles. The van der Waals surface area contributed by atoms with Crippen LogP contribution >= 0.6 is 24.8 Å². The number of carbonyl (C=O) groups excluding carboxylic acids is 1. The van der Waals surface area contributed by atoms with Crippen molar-refractivity contribution in [3.63, 3.8) is 0 Å². The number of hydrogen-bond acceptors (Lipinski definition) is 2. The minimum atomic E-state index is -1.01. The number of aromatic nitrogens is 3. The quantitative estimate of drug-likeness (QED) is 0.493. The molecule has 2 atom stereocenters. The summed E-state index contributed by atoms with van der Waals surface area (Å²) >= 11 is 0. The number of anilines is 1. The van der Waals surface area contributed by atoms with E-state index in [1.807, 2.05) is 28.9 Å². The van der Waals surface area contributed by atoms with Crippen LogP contribution in [0.25, 0.3) is 27.7 Å². The lowest BCUT2D eigenvalue weighted by atomic mass is 9.98. The fourth-order valence-electron chi connectivity index (χ4n) is 3.48. The number of H-pyrrole nitrogens is 1. The van der Waals surface area contributed by atoms with Crippen LogP contribution < -0.4 is 5.32 Å². The molecule has 1 fully saturated rings. The van der Waals surface area contributed by atoms with Crippen molar-refractivity contribution >= 4 is 53.1 Å². The van der Waals surface area contributed by atoms with Crippen molar-refractivity contribution in [2.45, 2.75) is 19.5 Å². The molecule has 5 rings (SSSR count). The Morgan fingerprint density at radius 3 is 2.75 bits per heavy atom. The number of nitrogens with one attached hydrogen (secondary N) is 2. The smallest absolute Gasteiger partial charge is 0.231 e. The summed E-state index contributed by atoms with van der Waals surface area (Å²) in [5, 5.41) is 3.87. The first kappa shape index (κ1) is 20.2. The largest absolute Gasteiger partial charge is 0.361 e. The zero-order chi connectivity index (χ0) is 17.8. The summed E-state index contributed by atoms with van der Waals surface area (Å²) in [6, 6.07) is 10.2. The van der Waals surface area contributed by atoms with Gasteiger partial charge in [-0.1, -0.05) is 6.07 Å². The summed E-state index contributed by atoms with van der Waals surface area (Å²) in [5.41, 5.74) is 5.25. The molecule has 3 aromatic heterocycles. The van der Waals surface area contributed by atoms with Crippen LogP contribution in [0.2, 0.25) is 0 Å². The van der Waals surface area contributed by atoms with Gasteiger partial charge in [-0.15, -0.1) is 24.8 Å². The standard InChI is InChI=1S/C20H17FN4O.2ClH/c1-11-2-4-16-13(6-7-22-16)19(11)12-3-5-18-23-17(10-25(18)9-12)24-20(26)14-8-15(14)21;;/h2-7,9-10,14-15,22H,8H2,1H3,(H,24,26);2*1H/t14-,15+;;/m1../s1. The van der Waals surface area contributed by atoms with Gasteiger partial charge in [-0.3, -0.25) is 4.79 Å². The van der Waals surface area contributed by atoms with E-state index in [0.717, 1.165) is 16.7 Å². The van der Waals surface area contributed by atoms with Crippen LogP contribution in [0, 0.1) is 12.8 Å². The summed E-state index contributed by atoms with van der Waals surface area (Å²) in [4.78, 5) is 19.6. The van der Waals surface area contributed by atoms with Crippen molar-refractivity contribution in [3.05, 3.63) is 54.5 Å². The zero-order valence-electron chi connectivity index (χ0n) is 15.0. The first-order chi connectivity index (χ1) is 12.6. The molecule has 1 aliphatic rings. The highest BCUT2D eigenvalue weighted by atomic mass is 35.5. The zero-order valence-corrected chi connectivity index (χ0v) is 16.6. The number of pyridine rings is 1. The van der Waals surface area contributed by atoms with Gasteiger partial charge in [0.2, 0.25) is 5.91 Å². The third kappa shape index (κ3) is 3.34. The lowest BCUT2D eigenvalue weighted by Crippen LogP contribution is -2.15. The first-order valence-electron chi connectivity index (χ1n) is 8.61. The number of amides is 1. The van der Waals surface area contributed by atoms with Gasteiger partial charge < -0.3 is 14.7 Å². The average molecular weight is 421 g/mol. The van der Waals surface area contributed by atoms with Gasteiger partial charge in [-0.2, -0.15) is 0 Å². The van der Waals surface area contributed by atoms with Gasteiger partial charge >= 0.3 is 0 Å². The van der Waals surface area contributed by atoms with Crippen molar-refractivity contribution in [2.24, 2.45) is 5.92 Å². The molecule has 0 aliphatic heterocycles. The Hall–Kier alpha value is -2.57. The molecule has 0 unspecified atom stereocenters. The lowest BCUT2D eigenvalue weighted by Gasteiger charge is -2.08. The van der Waals surface area contributed by atoms with Gasteiger partial charge in [0.05, 0.1) is 12.1 Å². The Morgan fingerprint density at radius 1 is 1.21 bits per heavy atom. The SMILES string of the molecule is Cc1ccc2[nH]ccc2c1-c1ccc2nc(NC(=O)[C@@H]3C[C@@H]3F)cn2c1.Cl.Cl. The van der Waals surface area contributed by atoms with E-state index >= 15 is 0 Å². The summed E-state index contributed by atoms with van der Waals surface area (Å²) in [7, 11) is 0. The highest BCUT2D eigenvalue weighted by Crippen LogP contribution is 2.35. The van der Waals surface area contributed by atoms with E-state index in [9.17, 15) is 9.18 Å². The second-order valence-electron chi connectivity index (χ2n) is 6.85. The number of halogens is 3. The maximum Gasteiger partial charge on any atom is 0.231 e. The lowest BCUT2D eigenvalue weighted by molar-refractivity contribution is -0.117. The number of nitrogens with zero attached hydrogens (tertiary/aromatic N) is 2. The molecule has 146 valence electrons. The highest BCUT2D eigenvalue weighted by Gasteiger charge is 2.43. The minimum absolute atomic E-state index is 0. The molecule has 1 aromatic carbocycles. The molecule has 0 saturated heterocycles. The Bertz CT molecular complexity index is 1170. The van der Waals surface area contributed by atoms with Crippen LogP contribution in [0.1, 0.15) is 12.0 Å². The second-order valence-corrected chi connectivity index (χ2v) is 6.85. The normalized spacial score (nSPS) is 17.8. The predicted octanol–water partition coefficient (Wildman–Crippen LogP) is 4.93. The van der Waals surface area contributed by atoms with Gasteiger partial charge in [0.15, 0.2) is 5.82 Å². The Kier molecular flexibility index (Phi) is 5.37. The van der Waals surface area contributed by atoms with Crippen LogP contribution in [-0.2, 0) is 4.79 Å². The van der Waals surface area contributed by atoms with Gasteiger partial charge in [-0.05, 0) is 54.3 Å². The molecule has 1 amide bonds. The van der Waals surface area contributed by atoms with Crippen molar-refractivity contribution in [2.75, 3.05) is 5.32 Å². The minimum Gasteiger partial charge on any atom is -0.361 e. The number of aryl methyl sites for hydroxylation is 1. The van der Waals surface area contributed by atoms with E-state index in [0.29, 0.717) is 12.2 Å². The Morgan fingerprint density at radius 2 is 2.00 bits per heavy atom. The third-order valence-electron chi connectivity index (χ3n) is 4.98. The number of alkyl halides is 1. The Balaban J connectivity index is 0.00000112. The van der Waals surface area contributed by atoms with Crippen molar-refractivity contribution < 1.29 is 9.18 Å². The molecule has 0 radical (unpaired) electrons. The molecule has 4 aromatic rings. The number of benzene rings is 1. The van der Waals surface area contributed by atoms with E-state index in [2.05, 4.69) is 40.4 Å². The number of hydrogen-bond donors (Lipinski definition) is 2. The summed E-state index contributed by atoms with van der Waals surface area (Å²) in [6.45, 7) is 2.09. The van der Waals surface area contributed by atoms with E-state index in [4.69, 9.17) is 0 Å². The predicted molar refractivity (Wildman–Crippen MR) is 113 cm³/mol. The fraction of sp³-hybridized carbons (Fsp3) is 0.200. The van der Waals surface area contributed by atoms with Gasteiger partial charge in [0.25, 0.3) is 0 Å². The molecule has 2 N–H and O–H groups in total. The molecule has 5 nitrogen and oxygen atoms in total. The molecule has 1 aliphatic carbocycles. The molecule has 8 heteroatoms. The molecular formula is C20H19Cl2FN4O. The van der Waals surface area contributed by atoms with Crippen molar-refractivity contribution in [1.82, 2.24) is 14.4 Å². The van der Waals surface area contributed by atoms with E-state index in [1.54, 1.807) is 6.20 Å². The van der Waals surface area contributed by atoms with Crippen LogP contribution in [0.3, 0.4) is 0 Å². The molecule has 1 saturated carbocycles. The molecular weight excluding hydrogens is 402 g/mol.